The molecule has 0 bridgehead atoms. The summed E-state index contributed by atoms with van der Waals surface area (Å²) in [6.07, 6.45) is 0. The molecular formula is C6H5O3PPb. The van der Waals surface area contributed by atoms with E-state index < -0.39 is 32.7 Å². The second kappa shape index (κ2) is 2.97. The summed E-state index contributed by atoms with van der Waals surface area (Å²) < 4.78 is 21.5. The molecule has 1 saturated heterocycles. The Hall–Kier alpha value is 0.292. The van der Waals surface area contributed by atoms with Crippen LogP contribution in [0.5, 0.6) is 0 Å². The van der Waals surface area contributed by atoms with Crippen LogP contribution in [0.3, 0.4) is 0 Å². The van der Waals surface area contributed by atoms with Gasteiger partial charge in [0.2, 0.25) is 0 Å². The fourth-order valence-corrected chi connectivity index (χ4v) is 6.69. The molecule has 0 aromatic heterocycles. The Balaban J connectivity index is 2.37. The summed E-state index contributed by atoms with van der Waals surface area (Å²) in [5, 5.41) is 0.679. The van der Waals surface area contributed by atoms with Gasteiger partial charge in [0.1, 0.15) is 0 Å². The van der Waals surface area contributed by atoms with Gasteiger partial charge in [-0.3, -0.25) is 0 Å². The zero-order valence-electron chi connectivity index (χ0n) is 5.56. The molecule has 1 aromatic rings. The average molecular weight is 363 g/mol. The standard InChI is InChI=1S/C6H7O3P.Pb/c7-10(8,9)6-4-2-1-3-5-6;/h1-5H,(H2,7,8,9);/q;+2/p-2. The van der Waals surface area contributed by atoms with E-state index in [1.54, 1.807) is 12.1 Å². The third-order valence-corrected chi connectivity index (χ3v) is 10.3. The van der Waals surface area contributed by atoms with Gasteiger partial charge in [-0.2, -0.15) is 0 Å². The first-order valence-corrected chi connectivity index (χ1v) is 7.81. The Morgan fingerprint density at radius 3 is 2.27 bits per heavy atom. The van der Waals surface area contributed by atoms with Crippen molar-refractivity contribution in [2.45, 2.75) is 0 Å². The van der Waals surface area contributed by atoms with Crippen molar-refractivity contribution in [2.24, 2.45) is 0 Å². The second-order valence-electron chi connectivity index (χ2n) is 2.10. The molecule has 5 heteroatoms. The Morgan fingerprint density at radius 1 is 1.18 bits per heavy atom. The number of hydrogen-bond donors (Lipinski definition) is 0. The van der Waals surface area contributed by atoms with E-state index in [1.807, 2.05) is 18.2 Å². The quantitative estimate of drug-likeness (QED) is 0.554. The van der Waals surface area contributed by atoms with Crippen LogP contribution in [0.4, 0.5) is 0 Å². The predicted octanol–water partition coefficient (Wildman–Crippen LogP) is 1.09. The zero-order valence-corrected chi connectivity index (χ0v) is 10.3. The Morgan fingerprint density at radius 2 is 1.82 bits per heavy atom. The molecule has 0 atom stereocenters. The van der Waals surface area contributed by atoms with Gasteiger partial charge >= 0.3 is 77.9 Å². The summed E-state index contributed by atoms with van der Waals surface area (Å²) in [5.41, 5.74) is 0. The topological polar surface area (TPSA) is 35.5 Å². The first-order chi connectivity index (χ1) is 5.31. The number of hydrogen-bond acceptors (Lipinski definition) is 3. The van der Waals surface area contributed by atoms with E-state index in [-0.39, 0.29) is 0 Å². The Labute approximate surface area is 77.8 Å². The van der Waals surface area contributed by atoms with Crippen LogP contribution >= 0.6 is 7.60 Å². The molecule has 2 radical (unpaired) electrons. The molecular weight excluding hydrogens is 358 g/mol. The minimum absolute atomic E-state index is 0.679. The van der Waals surface area contributed by atoms with Crippen LogP contribution in [0.1, 0.15) is 0 Å². The molecule has 0 N–H and O–H groups in total. The maximum absolute atomic E-state index is 11.5. The van der Waals surface area contributed by atoms with Gasteiger partial charge in [-0.1, -0.05) is 0 Å². The van der Waals surface area contributed by atoms with Crippen LogP contribution in [-0.2, 0) is 9.51 Å². The molecule has 2 rings (SSSR count). The first-order valence-electron chi connectivity index (χ1n) is 3.09. The van der Waals surface area contributed by atoms with Crippen molar-refractivity contribution >= 4 is 38.0 Å². The summed E-state index contributed by atoms with van der Waals surface area (Å²) in [4.78, 5) is 0. The molecule has 0 spiro atoms. The van der Waals surface area contributed by atoms with Crippen molar-refractivity contribution in [2.75, 3.05) is 0 Å². The van der Waals surface area contributed by atoms with Crippen LogP contribution in [-0.4, -0.2) is 25.1 Å². The molecule has 0 amide bonds. The fraction of sp³-hybridized carbons (Fsp3) is 0. The van der Waals surface area contributed by atoms with E-state index >= 15 is 0 Å². The molecule has 1 heterocycles. The van der Waals surface area contributed by atoms with E-state index in [0.717, 1.165) is 0 Å². The summed E-state index contributed by atoms with van der Waals surface area (Å²) in [6, 6.07) is 9.06. The molecule has 1 aromatic carbocycles. The van der Waals surface area contributed by atoms with Crippen molar-refractivity contribution in [3.05, 3.63) is 30.3 Å². The summed E-state index contributed by atoms with van der Waals surface area (Å²) in [5.74, 6) is 0. The normalized spacial score (nSPS) is 20.7. The molecule has 0 aliphatic carbocycles. The van der Waals surface area contributed by atoms with Crippen molar-refractivity contribution in [3.63, 3.8) is 0 Å². The van der Waals surface area contributed by atoms with E-state index in [9.17, 15) is 4.57 Å². The number of benzene rings is 1. The van der Waals surface area contributed by atoms with Gasteiger partial charge in [0.05, 0.1) is 0 Å². The van der Waals surface area contributed by atoms with Gasteiger partial charge in [0, 0.05) is 0 Å². The van der Waals surface area contributed by atoms with Crippen molar-refractivity contribution in [1.82, 2.24) is 0 Å². The van der Waals surface area contributed by atoms with Crippen LogP contribution in [0, 0.1) is 0 Å². The average Bonchev–Trinajstić information content (AvgIpc) is 2.02. The zero-order chi connectivity index (χ0) is 7.73. The van der Waals surface area contributed by atoms with E-state index in [2.05, 4.69) is 0 Å². The molecule has 1 aliphatic heterocycles. The van der Waals surface area contributed by atoms with Crippen LogP contribution < -0.4 is 5.30 Å². The summed E-state index contributed by atoms with van der Waals surface area (Å²) >= 11 is -1.33. The van der Waals surface area contributed by atoms with Crippen LogP contribution in [0.15, 0.2) is 30.3 Å². The molecule has 56 valence electrons. The fourth-order valence-electron chi connectivity index (χ4n) is 0.821. The third-order valence-electron chi connectivity index (χ3n) is 1.39. The Bertz CT molecular complexity index is 292. The molecule has 1 aliphatic rings. The summed E-state index contributed by atoms with van der Waals surface area (Å²) in [7, 11) is -2.76. The van der Waals surface area contributed by atoms with E-state index in [4.69, 9.17) is 4.95 Å². The van der Waals surface area contributed by atoms with Gasteiger partial charge < -0.3 is 0 Å². The third kappa shape index (κ3) is 1.42. The van der Waals surface area contributed by atoms with Crippen LogP contribution in [0.25, 0.3) is 0 Å². The predicted molar refractivity (Wildman–Crippen MR) is 41.6 cm³/mol. The second-order valence-corrected chi connectivity index (χ2v) is 8.88. The molecule has 3 nitrogen and oxygen atoms in total. The van der Waals surface area contributed by atoms with Crippen LogP contribution in [0.2, 0.25) is 0 Å². The molecule has 0 unspecified atom stereocenters. The Kier molecular flexibility index (Phi) is 2.14. The maximum atomic E-state index is 11.5. The van der Waals surface area contributed by atoms with Gasteiger partial charge in [0.15, 0.2) is 0 Å². The monoisotopic (exact) mass is 364 g/mol. The number of rotatable bonds is 1. The van der Waals surface area contributed by atoms with Gasteiger partial charge in [-0.25, -0.2) is 0 Å². The van der Waals surface area contributed by atoms with E-state index in [1.165, 1.54) is 0 Å². The SMILES string of the molecule is O=P1(c2ccccc2)[O][Pb][O]1. The summed E-state index contributed by atoms with van der Waals surface area (Å²) in [6.45, 7) is 0. The van der Waals surface area contributed by atoms with Crippen molar-refractivity contribution in [1.29, 1.82) is 0 Å². The van der Waals surface area contributed by atoms with Crippen molar-refractivity contribution < 1.29 is 9.51 Å². The van der Waals surface area contributed by atoms with Gasteiger partial charge in [-0.05, 0) is 0 Å². The molecule has 0 saturated carbocycles. The first kappa shape index (κ1) is 7.92. The molecule has 11 heavy (non-hydrogen) atoms. The molecule has 1 fully saturated rings. The van der Waals surface area contributed by atoms with Gasteiger partial charge in [-0.15, -0.1) is 0 Å². The van der Waals surface area contributed by atoms with E-state index in [0.29, 0.717) is 5.30 Å². The van der Waals surface area contributed by atoms with Crippen molar-refractivity contribution in [3.8, 4) is 0 Å². The minimum atomic E-state index is -2.76. The van der Waals surface area contributed by atoms with Gasteiger partial charge in [0.25, 0.3) is 0 Å².